The van der Waals surface area contributed by atoms with E-state index >= 15 is 0 Å². The number of hydrogen-bond donors (Lipinski definition) is 3. The lowest BCUT2D eigenvalue weighted by molar-refractivity contribution is -0.141. The number of nitrogens with one attached hydrogen (secondary N) is 2. The van der Waals surface area contributed by atoms with Crippen LogP contribution in [0.1, 0.15) is 29.3 Å². The summed E-state index contributed by atoms with van der Waals surface area (Å²) in [7, 11) is 2.77. The number of carbonyl (C=O) groups excluding carboxylic acids is 3. The molecule has 3 N–H and O–H groups in total. The van der Waals surface area contributed by atoms with Crippen molar-refractivity contribution < 1.29 is 38.5 Å². The molecule has 2 aromatic rings. The van der Waals surface area contributed by atoms with E-state index in [4.69, 9.17) is 9.47 Å². The molecule has 0 radical (unpaired) electrons. The van der Waals surface area contributed by atoms with Crippen LogP contribution in [-0.4, -0.2) is 55.2 Å². The first-order valence-corrected chi connectivity index (χ1v) is 10.0. The number of amides is 1. The van der Waals surface area contributed by atoms with E-state index in [9.17, 15) is 24.3 Å². The molecule has 0 fully saturated rings. The largest absolute Gasteiger partial charge is 0.497 e. The number of alkyl carbamates (subject to hydrolysis) is 1. The van der Waals surface area contributed by atoms with Crippen LogP contribution in [0, 0.1) is 0 Å². The van der Waals surface area contributed by atoms with Gasteiger partial charge in [0.05, 0.1) is 20.6 Å². The third kappa shape index (κ3) is 7.53. The minimum atomic E-state index is -1.39. The van der Waals surface area contributed by atoms with E-state index in [0.717, 1.165) is 0 Å². The van der Waals surface area contributed by atoms with Crippen molar-refractivity contribution in [3.05, 3.63) is 59.7 Å². The fourth-order valence-corrected chi connectivity index (χ4v) is 2.92. The number of carboxylic acid groups (broad SMARTS) is 1. The number of aliphatic carboxylic acids is 1. The molecule has 0 heterocycles. The van der Waals surface area contributed by atoms with Crippen molar-refractivity contribution in [1.82, 2.24) is 5.32 Å². The predicted molar refractivity (Wildman–Crippen MR) is 118 cm³/mol. The summed E-state index contributed by atoms with van der Waals surface area (Å²) < 4.78 is 14.9. The van der Waals surface area contributed by atoms with E-state index in [1.807, 2.05) is 0 Å². The fraction of sp³-hybridized carbons (Fsp3) is 0.304. The van der Waals surface area contributed by atoms with Crippen LogP contribution in [0.5, 0.6) is 5.75 Å². The Kier molecular flexibility index (Phi) is 9.22. The quantitative estimate of drug-likeness (QED) is 0.342. The van der Waals surface area contributed by atoms with Crippen LogP contribution in [0.3, 0.4) is 0 Å². The number of para-hydroxylation sites is 1. The second-order valence-electron chi connectivity index (χ2n) is 7.02. The normalized spacial score (nSPS) is 12.1. The van der Waals surface area contributed by atoms with Crippen molar-refractivity contribution in [2.75, 3.05) is 19.5 Å². The summed E-state index contributed by atoms with van der Waals surface area (Å²) in [6.07, 6.45) is -1.60. The number of methoxy groups -OCH3 is 2. The smallest absolute Gasteiger partial charge is 0.408 e. The Bertz CT molecular complexity index is 990. The zero-order valence-corrected chi connectivity index (χ0v) is 18.5. The second kappa shape index (κ2) is 12.1. The Morgan fingerprint density at radius 2 is 1.67 bits per heavy atom. The van der Waals surface area contributed by atoms with Gasteiger partial charge in [-0.05, 0) is 36.8 Å². The van der Waals surface area contributed by atoms with E-state index in [1.54, 1.807) is 49.4 Å². The molecule has 2 rings (SSSR count). The summed E-state index contributed by atoms with van der Waals surface area (Å²) in [5.74, 6) is -1.83. The number of hydrogen-bond acceptors (Lipinski definition) is 8. The van der Waals surface area contributed by atoms with E-state index < -0.39 is 42.3 Å². The lowest BCUT2D eigenvalue weighted by Crippen LogP contribution is -2.43. The molecule has 0 spiro atoms. The summed E-state index contributed by atoms with van der Waals surface area (Å²) in [6.45, 7) is 1.47. The summed E-state index contributed by atoms with van der Waals surface area (Å²) in [4.78, 5) is 48.4. The van der Waals surface area contributed by atoms with Gasteiger partial charge in [0.1, 0.15) is 24.4 Å². The minimum Gasteiger partial charge on any atom is -0.497 e. The van der Waals surface area contributed by atoms with Crippen LogP contribution in [0.2, 0.25) is 0 Å². The molecule has 2 atom stereocenters. The van der Waals surface area contributed by atoms with Gasteiger partial charge in [-0.3, -0.25) is 9.59 Å². The van der Waals surface area contributed by atoms with Gasteiger partial charge in [-0.15, -0.1) is 0 Å². The second-order valence-corrected chi connectivity index (χ2v) is 7.02. The number of Topliss-reactive ketones (excluding diaryl/α,β-unsaturated/α-hetero) is 1. The molecule has 0 aromatic heterocycles. The van der Waals surface area contributed by atoms with Crippen LogP contribution in [-0.2, 0) is 25.7 Å². The highest BCUT2D eigenvalue weighted by atomic mass is 16.5. The zero-order chi connectivity index (χ0) is 24.4. The summed E-state index contributed by atoms with van der Waals surface area (Å²) in [5, 5.41) is 14.4. The topological polar surface area (TPSA) is 140 Å². The summed E-state index contributed by atoms with van der Waals surface area (Å²) in [5.41, 5.74) is 1.08. The Labute approximate surface area is 190 Å². The lowest BCUT2D eigenvalue weighted by Gasteiger charge is -2.20. The van der Waals surface area contributed by atoms with Gasteiger partial charge >= 0.3 is 18.0 Å². The molecule has 10 heteroatoms. The number of anilines is 1. The molecule has 0 bridgehead atoms. The number of carbonyl (C=O) groups is 4. The molecule has 10 nitrogen and oxygen atoms in total. The Morgan fingerprint density at radius 3 is 2.27 bits per heavy atom. The van der Waals surface area contributed by atoms with Gasteiger partial charge in [-0.1, -0.05) is 24.3 Å². The number of carboxylic acids is 1. The third-order valence-electron chi connectivity index (χ3n) is 4.64. The van der Waals surface area contributed by atoms with E-state index in [2.05, 4.69) is 15.4 Å². The average Bonchev–Trinajstić information content (AvgIpc) is 2.81. The Balaban J connectivity index is 2.12. The van der Waals surface area contributed by atoms with Crippen LogP contribution in [0.15, 0.2) is 48.5 Å². The van der Waals surface area contributed by atoms with Crippen molar-refractivity contribution in [3.63, 3.8) is 0 Å². The van der Waals surface area contributed by atoms with Gasteiger partial charge in [0.2, 0.25) is 0 Å². The van der Waals surface area contributed by atoms with Crippen molar-refractivity contribution >= 4 is 29.5 Å². The molecule has 1 unspecified atom stereocenters. The zero-order valence-electron chi connectivity index (χ0n) is 18.5. The first-order valence-electron chi connectivity index (χ1n) is 10.0. The SMILES string of the molecule is COC(=O)C(C)Nc1ccccc1C(=O)[C@H](CC(=O)O)NC(=O)OCc1ccc(OC)cc1. The Morgan fingerprint density at radius 1 is 1.00 bits per heavy atom. The fourth-order valence-electron chi connectivity index (χ4n) is 2.92. The first-order chi connectivity index (χ1) is 15.7. The van der Waals surface area contributed by atoms with Crippen molar-refractivity contribution in [3.8, 4) is 5.75 Å². The van der Waals surface area contributed by atoms with Gasteiger partial charge in [0.25, 0.3) is 0 Å². The highest BCUT2D eigenvalue weighted by Crippen LogP contribution is 2.20. The van der Waals surface area contributed by atoms with Crippen molar-refractivity contribution in [2.24, 2.45) is 0 Å². The third-order valence-corrected chi connectivity index (χ3v) is 4.64. The molecule has 176 valence electrons. The van der Waals surface area contributed by atoms with Gasteiger partial charge in [0, 0.05) is 11.3 Å². The lowest BCUT2D eigenvalue weighted by atomic mass is 9.99. The summed E-state index contributed by atoms with van der Waals surface area (Å²) >= 11 is 0. The van der Waals surface area contributed by atoms with Crippen LogP contribution >= 0.6 is 0 Å². The Hall–Kier alpha value is -4.08. The molecule has 0 saturated carbocycles. The predicted octanol–water partition coefficient (Wildman–Crippen LogP) is 2.62. The number of benzene rings is 2. The van der Waals surface area contributed by atoms with Crippen molar-refractivity contribution in [1.29, 1.82) is 0 Å². The summed E-state index contributed by atoms with van der Waals surface area (Å²) in [6, 6.07) is 10.9. The van der Waals surface area contributed by atoms with Gasteiger partial charge < -0.3 is 30.0 Å². The van der Waals surface area contributed by atoms with E-state index in [1.165, 1.54) is 20.3 Å². The number of ketones is 1. The highest BCUT2D eigenvalue weighted by molar-refractivity contribution is 6.07. The number of rotatable bonds is 11. The van der Waals surface area contributed by atoms with Crippen LogP contribution in [0.25, 0.3) is 0 Å². The molecular formula is C23H26N2O8. The molecule has 2 aromatic carbocycles. The molecule has 0 saturated heterocycles. The van der Waals surface area contributed by atoms with Crippen LogP contribution < -0.4 is 15.4 Å². The molecule has 0 aliphatic carbocycles. The number of esters is 1. The first kappa shape index (κ1) is 25.2. The monoisotopic (exact) mass is 458 g/mol. The maximum Gasteiger partial charge on any atom is 0.408 e. The molecule has 33 heavy (non-hydrogen) atoms. The molecule has 0 aliphatic rings. The van der Waals surface area contributed by atoms with Gasteiger partial charge in [-0.2, -0.15) is 0 Å². The standard InChI is InChI=1S/C23H26N2O8/c1-14(22(29)32-3)24-18-7-5-4-6-17(18)21(28)19(12-20(26)27)25-23(30)33-13-15-8-10-16(31-2)11-9-15/h4-11,14,19,24H,12-13H2,1-3H3,(H,25,30)(H,26,27)/t14?,19-/m0/s1. The minimum absolute atomic E-state index is 0.0847. The van der Waals surface area contributed by atoms with Crippen molar-refractivity contribution in [2.45, 2.75) is 32.0 Å². The maximum absolute atomic E-state index is 13.1. The van der Waals surface area contributed by atoms with E-state index in [0.29, 0.717) is 17.0 Å². The molecule has 1 amide bonds. The van der Waals surface area contributed by atoms with Crippen LogP contribution in [0.4, 0.5) is 10.5 Å². The highest BCUT2D eigenvalue weighted by Gasteiger charge is 2.28. The van der Waals surface area contributed by atoms with Gasteiger partial charge in [0.15, 0.2) is 5.78 Å². The van der Waals surface area contributed by atoms with E-state index in [-0.39, 0.29) is 12.2 Å². The molecular weight excluding hydrogens is 432 g/mol. The molecule has 0 aliphatic heterocycles. The number of ether oxygens (including phenoxy) is 3. The average molecular weight is 458 g/mol. The maximum atomic E-state index is 13.1. The van der Waals surface area contributed by atoms with Gasteiger partial charge in [-0.25, -0.2) is 9.59 Å².